The molecular formula is C21H20ClNO6. The summed E-state index contributed by atoms with van der Waals surface area (Å²) >= 11 is 6.19. The highest BCUT2D eigenvalue weighted by atomic mass is 35.5. The van der Waals surface area contributed by atoms with Gasteiger partial charge in [-0.25, -0.2) is 9.59 Å². The van der Waals surface area contributed by atoms with E-state index in [1.54, 1.807) is 18.2 Å². The second kappa shape index (κ2) is 9.45. The van der Waals surface area contributed by atoms with Crippen LogP contribution in [-0.2, 0) is 30.4 Å². The molecule has 0 N–H and O–H groups in total. The summed E-state index contributed by atoms with van der Waals surface area (Å²) < 4.78 is 21.2. The second-order valence-electron chi connectivity index (χ2n) is 6.10. The second-order valence-corrected chi connectivity index (χ2v) is 6.54. The van der Waals surface area contributed by atoms with E-state index in [1.807, 2.05) is 30.3 Å². The number of hydrogen-bond acceptors (Lipinski definition) is 7. The summed E-state index contributed by atoms with van der Waals surface area (Å²) in [6.45, 7) is 0.243. The van der Waals surface area contributed by atoms with Crippen molar-refractivity contribution in [1.82, 2.24) is 0 Å². The smallest absolute Gasteiger partial charge is 0.355 e. The van der Waals surface area contributed by atoms with Gasteiger partial charge in [0.15, 0.2) is 0 Å². The van der Waals surface area contributed by atoms with Crippen LogP contribution in [0, 0.1) is 0 Å². The van der Waals surface area contributed by atoms with Crippen LogP contribution >= 0.6 is 11.6 Å². The van der Waals surface area contributed by atoms with Crippen LogP contribution in [0.15, 0.2) is 59.8 Å². The van der Waals surface area contributed by atoms with E-state index in [-0.39, 0.29) is 24.6 Å². The van der Waals surface area contributed by atoms with E-state index in [0.717, 1.165) is 5.56 Å². The average Bonchev–Trinajstić information content (AvgIpc) is 2.77. The first-order valence-corrected chi connectivity index (χ1v) is 9.14. The zero-order valence-corrected chi connectivity index (χ0v) is 16.8. The Morgan fingerprint density at radius 2 is 1.79 bits per heavy atom. The van der Waals surface area contributed by atoms with Gasteiger partial charge < -0.3 is 23.8 Å². The number of ether oxygens (including phenoxy) is 4. The first-order chi connectivity index (χ1) is 14.0. The first kappa shape index (κ1) is 20.7. The molecule has 0 aromatic heterocycles. The fourth-order valence-electron chi connectivity index (χ4n) is 2.89. The Bertz CT molecular complexity index is 928. The third kappa shape index (κ3) is 4.70. The molecule has 0 radical (unpaired) electrons. The van der Waals surface area contributed by atoms with E-state index < -0.39 is 11.9 Å². The van der Waals surface area contributed by atoms with Crippen molar-refractivity contribution < 1.29 is 28.5 Å². The Labute approximate surface area is 173 Å². The molecule has 0 saturated heterocycles. The van der Waals surface area contributed by atoms with Crippen LogP contribution in [0.4, 0.5) is 5.69 Å². The topological polar surface area (TPSA) is 74.3 Å². The Morgan fingerprint density at radius 3 is 2.48 bits per heavy atom. The lowest BCUT2D eigenvalue weighted by molar-refractivity contribution is -0.140. The number of anilines is 1. The van der Waals surface area contributed by atoms with Crippen LogP contribution in [0.25, 0.3) is 0 Å². The molecule has 0 atom stereocenters. The van der Waals surface area contributed by atoms with E-state index in [2.05, 4.69) is 0 Å². The van der Waals surface area contributed by atoms with Gasteiger partial charge in [-0.15, -0.1) is 0 Å². The zero-order valence-electron chi connectivity index (χ0n) is 16.0. The molecule has 0 saturated carbocycles. The molecule has 2 aromatic carbocycles. The number of carbonyl (C=O) groups is 2. The lowest BCUT2D eigenvalue weighted by atomic mass is 10.1. The summed E-state index contributed by atoms with van der Waals surface area (Å²) in [5, 5.41) is 0.432. The average molecular weight is 418 g/mol. The standard InChI is InChI=1S/C21H20ClNO6/c1-26-20(24)16-12-28-13-23(19(16)21(25)27-2)17-10-15(22)8-9-18(17)29-11-14-6-4-3-5-7-14/h3-10H,11-13H2,1-2H3. The highest BCUT2D eigenvalue weighted by Crippen LogP contribution is 2.36. The van der Waals surface area contributed by atoms with Crippen LogP contribution in [0.5, 0.6) is 5.75 Å². The number of hydrogen-bond donors (Lipinski definition) is 0. The summed E-state index contributed by atoms with van der Waals surface area (Å²) in [6, 6.07) is 14.6. The fourth-order valence-corrected chi connectivity index (χ4v) is 3.06. The highest BCUT2D eigenvalue weighted by molar-refractivity contribution is 6.31. The molecule has 0 aliphatic carbocycles. The van der Waals surface area contributed by atoms with Crippen molar-refractivity contribution in [3.63, 3.8) is 0 Å². The van der Waals surface area contributed by atoms with Crippen molar-refractivity contribution in [1.29, 1.82) is 0 Å². The van der Waals surface area contributed by atoms with Crippen molar-refractivity contribution in [2.24, 2.45) is 0 Å². The highest BCUT2D eigenvalue weighted by Gasteiger charge is 2.33. The molecule has 7 nitrogen and oxygen atoms in total. The quantitative estimate of drug-likeness (QED) is 0.667. The molecule has 2 aromatic rings. The number of halogens is 1. The number of esters is 2. The van der Waals surface area contributed by atoms with E-state index >= 15 is 0 Å². The molecule has 8 heteroatoms. The van der Waals surface area contributed by atoms with Crippen molar-refractivity contribution in [3.8, 4) is 5.75 Å². The zero-order chi connectivity index (χ0) is 20.8. The third-order valence-corrected chi connectivity index (χ3v) is 4.52. The van der Waals surface area contributed by atoms with Crippen LogP contribution in [0.1, 0.15) is 5.56 Å². The van der Waals surface area contributed by atoms with Crippen LogP contribution in [0.3, 0.4) is 0 Å². The molecule has 1 aliphatic rings. The largest absolute Gasteiger partial charge is 0.487 e. The Kier molecular flexibility index (Phi) is 6.74. The lowest BCUT2D eigenvalue weighted by Gasteiger charge is -2.32. The van der Waals surface area contributed by atoms with E-state index in [1.165, 1.54) is 19.1 Å². The Morgan fingerprint density at radius 1 is 1.07 bits per heavy atom. The van der Waals surface area contributed by atoms with Gasteiger partial charge in [-0.1, -0.05) is 41.9 Å². The molecule has 152 valence electrons. The number of nitrogens with zero attached hydrogens (tertiary/aromatic N) is 1. The summed E-state index contributed by atoms with van der Waals surface area (Å²) in [5.41, 5.74) is 1.52. The number of rotatable bonds is 6. The van der Waals surface area contributed by atoms with Crippen molar-refractivity contribution >= 4 is 29.2 Å². The summed E-state index contributed by atoms with van der Waals surface area (Å²) in [4.78, 5) is 26.2. The van der Waals surface area contributed by atoms with Crippen LogP contribution in [-0.4, -0.2) is 39.5 Å². The maximum absolute atomic E-state index is 12.5. The molecule has 1 heterocycles. The Balaban J connectivity index is 2.02. The van der Waals surface area contributed by atoms with Crippen molar-refractivity contribution in [3.05, 3.63) is 70.4 Å². The lowest BCUT2D eigenvalue weighted by Crippen LogP contribution is -2.39. The number of methoxy groups -OCH3 is 2. The minimum absolute atomic E-state index is 0.00691. The predicted molar refractivity (Wildman–Crippen MR) is 107 cm³/mol. The summed E-state index contributed by atoms with van der Waals surface area (Å²) in [6.07, 6.45) is 0. The minimum atomic E-state index is -0.692. The maximum atomic E-state index is 12.5. The Hall–Kier alpha value is -3.03. The molecule has 3 rings (SSSR count). The predicted octanol–water partition coefficient (Wildman–Crippen LogP) is 3.31. The van der Waals surface area contributed by atoms with Gasteiger partial charge in [-0.2, -0.15) is 0 Å². The fraction of sp³-hybridized carbons (Fsp3) is 0.238. The van der Waals surface area contributed by atoms with Gasteiger partial charge in [0.05, 0.1) is 32.1 Å². The molecular weight excluding hydrogens is 398 g/mol. The summed E-state index contributed by atoms with van der Waals surface area (Å²) in [5.74, 6) is -0.902. The van der Waals surface area contributed by atoms with Crippen LogP contribution in [0.2, 0.25) is 5.02 Å². The molecule has 29 heavy (non-hydrogen) atoms. The minimum Gasteiger partial charge on any atom is -0.487 e. The van der Waals surface area contributed by atoms with Crippen molar-refractivity contribution in [2.75, 3.05) is 32.5 Å². The molecule has 1 aliphatic heterocycles. The molecule has 0 bridgehead atoms. The van der Waals surface area contributed by atoms with Crippen LogP contribution < -0.4 is 9.64 Å². The van der Waals surface area contributed by atoms with Gasteiger partial charge in [-0.05, 0) is 23.8 Å². The summed E-state index contributed by atoms with van der Waals surface area (Å²) in [7, 11) is 2.47. The molecule has 0 amide bonds. The molecule has 0 fully saturated rings. The maximum Gasteiger partial charge on any atom is 0.355 e. The van der Waals surface area contributed by atoms with Crippen molar-refractivity contribution in [2.45, 2.75) is 6.61 Å². The van der Waals surface area contributed by atoms with Gasteiger partial charge in [0.2, 0.25) is 0 Å². The van der Waals surface area contributed by atoms with Gasteiger partial charge >= 0.3 is 11.9 Å². The SMILES string of the molecule is COC(=O)C1=C(C(=O)OC)N(c2cc(Cl)ccc2OCc2ccccc2)COC1. The van der Waals surface area contributed by atoms with E-state index in [9.17, 15) is 9.59 Å². The van der Waals surface area contributed by atoms with Gasteiger partial charge in [0.1, 0.15) is 24.8 Å². The molecule has 0 spiro atoms. The number of benzene rings is 2. The number of carbonyl (C=O) groups excluding carboxylic acids is 2. The van der Waals surface area contributed by atoms with E-state index in [4.69, 9.17) is 30.5 Å². The molecule has 0 unspecified atom stereocenters. The van der Waals surface area contributed by atoms with E-state index in [0.29, 0.717) is 23.1 Å². The normalized spacial score (nSPS) is 13.8. The first-order valence-electron chi connectivity index (χ1n) is 8.76. The monoisotopic (exact) mass is 417 g/mol. The third-order valence-electron chi connectivity index (χ3n) is 4.28. The van der Waals surface area contributed by atoms with Gasteiger partial charge in [-0.3, -0.25) is 0 Å². The van der Waals surface area contributed by atoms with Gasteiger partial charge in [0, 0.05) is 5.02 Å². The van der Waals surface area contributed by atoms with Gasteiger partial charge in [0.25, 0.3) is 0 Å².